The average Bonchev–Trinajstić information content (AvgIpc) is 3.14. The molecule has 0 aliphatic carbocycles. The Morgan fingerprint density at radius 1 is 0.842 bits per heavy atom. The van der Waals surface area contributed by atoms with Gasteiger partial charge in [-0.25, -0.2) is 12.1 Å². The van der Waals surface area contributed by atoms with Crippen LogP contribution in [0.25, 0.3) is 0 Å². The first kappa shape index (κ1) is 15.3. The van der Waals surface area contributed by atoms with Crippen LogP contribution in [0, 0.1) is 0 Å². The van der Waals surface area contributed by atoms with E-state index in [1.807, 2.05) is 84.9 Å². The van der Waals surface area contributed by atoms with E-state index in [0.29, 0.717) is 0 Å². The minimum absolute atomic E-state index is 0. The molecule has 0 fully saturated rings. The normalized spacial score (nSPS) is 8.84. The van der Waals surface area contributed by atoms with E-state index in [1.54, 1.807) is 0 Å². The van der Waals surface area contributed by atoms with Crippen molar-refractivity contribution in [3.8, 4) is 0 Å². The minimum atomic E-state index is 0. The molecule has 0 radical (unpaired) electrons. The molecule has 0 bridgehead atoms. The van der Waals surface area contributed by atoms with Gasteiger partial charge >= 0.3 is 19.5 Å². The van der Waals surface area contributed by atoms with Crippen molar-refractivity contribution < 1.29 is 24.3 Å². The van der Waals surface area contributed by atoms with Gasteiger partial charge in [0.1, 0.15) is 5.78 Å². The number of hydrogen-bond acceptors (Lipinski definition) is 1. The number of rotatable bonds is 2. The predicted octanol–water partition coefficient (Wildman–Crippen LogP) is 4.04. The molecule has 3 aromatic carbocycles. The molecule has 0 unspecified atom stereocenters. The van der Waals surface area contributed by atoms with Crippen molar-refractivity contribution >= 4 is 5.78 Å². The van der Waals surface area contributed by atoms with Gasteiger partial charge in [-0.3, -0.25) is 0 Å². The Kier molecular flexibility index (Phi) is 6.70. The smallest absolute Gasteiger partial charge is 0.311 e. The number of ketones is 1. The molecular formula is C17H14ORu. The first-order chi connectivity index (χ1) is 8.88. The molecule has 19 heavy (non-hydrogen) atoms. The van der Waals surface area contributed by atoms with E-state index in [-0.39, 0.29) is 25.3 Å². The quantitative estimate of drug-likeness (QED) is 0.392. The van der Waals surface area contributed by atoms with Crippen LogP contribution in [0.5, 0.6) is 0 Å². The molecule has 0 saturated carbocycles. The monoisotopic (exact) mass is 336 g/mol. The van der Waals surface area contributed by atoms with E-state index in [0.717, 1.165) is 11.1 Å². The van der Waals surface area contributed by atoms with Crippen LogP contribution in [-0.2, 0) is 19.5 Å². The molecular weight excluding hydrogens is 321 g/mol. The number of carbonyl (C=O) groups excluding carboxylic acids is 1. The Hall–Kier alpha value is -1.79. The summed E-state index contributed by atoms with van der Waals surface area (Å²) in [6.45, 7) is 0. The number of hydrogen-bond donors (Lipinski definition) is 0. The molecule has 0 aliphatic heterocycles. The number of benzene rings is 1. The Morgan fingerprint density at radius 3 is 1.89 bits per heavy atom. The van der Waals surface area contributed by atoms with E-state index < -0.39 is 0 Å². The molecule has 0 aliphatic rings. The molecule has 1 nitrogen and oxygen atoms in total. The number of carbonyl (C=O) groups is 1. The molecule has 0 heterocycles. The zero-order chi connectivity index (χ0) is 12.6. The molecule has 0 amide bonds. The zero-order valence-electron chi connectivity index (χ0n) is 10.3. The van der Waals surface area contributed by atoms with Crippen LogP contribution in [0.15, 0.2) is 84.9 Å². The van der Waals surface area contributed by atoms with E-state index >= 15 is 0 Å². The van der Waals surface area contributed by atoms with Crippen LogP contribution in [0.2, 0.25) is 0 Å². The second-order valence-corrected chi connectivity index (χ2v) is 3.83. The maximum atomic E-state index is 11.7. The zero-order valence-corrected chi connectivity index (χ0v) is 12.1. The first-order valence-electron chi connectivity index (χ1n) is 5.86. The van der Waals surface area contributed by atoms with Crippen LogP contribution in [0.3, 0.4) is 0 Å². The molecule has 0 aromatic heterocycles. The summed E-state index contributed by atoms with van der Waals surface area (Å²) in [5.41, 5.74) is 1.50. The van der Waals surface area contributed by atoms with Gasteiger partial charge in [-0.05, 0) is 0 Å². The fourth-order valence-corrected chi connectivity index (χ4v) is 1.60. The van der Waals surface area contributed by atoms with Gasteiger partial charge in [-0.15, -0.1) is 12.1 Å². The fourth-order valence-electron chi connectivity index (χ4n) is 1.60. The van der Waals surface area contributed by atoms with Crippen LogP contribution in [0.4, 0.5) is 0 Å². The summed E-state index contributed by atoms with van der Waals surface area (Å²) in [7, 11) is 0. The molecule has 3 aromatic rings. The second-order valence-electron chi connectivity index (χ2n) is 3.83. The molecule has 2 heteroatoms. The fraction of sp³-hybridized carbons (Fsp3) is 0. The van der Waals surface area contributed by atoms with Crippen LogP contribution < -0.4 is 0 Å². The van der Waals surface area contributed by atoms with Crippen molar-refractivity contribution in [1.29, 1.82) is 0 Å². The SMILES string of the molecule is O=C(c1ccccc1)[c-]1cccc1.[Ru+2].c1cc[cH-]c1. The van der Waals surface area contributed by atoms with Crippen LogP contribution in [-0.4, -0.2) is 5.78 Å². The van der Waals surface area contributed by atoms with Gasteiger partial charge in [-0.2, -0.15) is 30.3 Å². The Bertz CT molecular complexity index is 533. The Morgan fingerprint density at radius 2 is 1.42 bits per heavy atom. The van der Waals surface area contributed by atoms with Crippen LogP contribution >= 0.6 is 0 Å². The predicted molar refractivity (Wildman–Crippen MR) is 73.9 cm³/mol. The Labute approximate surface area is 126 Å². The maximum Gasteiger partial charge on any atom is 2.00 e. The van der Waals surface area contributed by atoms with Gasteiger partial charge in [-0.1, -0.05) is 41.5 Å². The van der Waals surface area contributed by atoms with Gasteiger partial charge in [0.25, 0.3) is 0 Å². The van der Waals surface area contributed by atoms with Gasteiger partial charge in [0, 0.05) is 0 Å². The standard InChI is InChI=1S/C12H9O.C5H5.Ru/c13-12(11-8-4-5-9-11)10-6-2-1-3-7-10;1-2-4-5-3-1;/h1-9H;1-5H;/q2*-1;+2. The Balaban J connectivity index is 0.000000256. The molecule has 3 rings (SSSR count). The maximum absolute atomic E-state index is 11.7. The van der Waals surface area contributed by atoms with Gasteiger partial charge in [0.15, 0.2) is 0 Å². The van der Waals surface area contributed by atoms with E-state index in [1.165, 1.54) is 0 Å². The average molecular weight is 335 g/mol. The molecule has 0 saturated heterocycles. The summed E-state index contributed by atoms with van der Waals surface area (Å²) in [5.74, 6) is 0.0885. The third-order valence-corrected chi connectivity index (χ3v) is 2.52. The first-order valence-corrected chi connectivity index (χ1v) is 5.86. The van der Waals surface area contributed by atoms with Gasteiger partial charge in [0.05, 0.1) is 0 Å². The summed E-state index contributed by atoms with van der Waals surface area (Å²) >= 11 is 0. The van der Waals surface area contributed by atoms with Gasteiger partial charge in [0.2, 0.25) is 0 Å². The topological polar surface area (TPSA) is 17.1 Å². The largest absolute Gasteiger partial charge is 2.00 e. The summed E-state index contributed by atoms with van der Waals surface area (Å²) in [4.78, 5) is 11.7. The van der Waals surface area contributed by atoms with Crippen molar-refractivity contribution in [3.63, 3.8) is 0 Å². The van der Waals surface area contributed by atoms with Crippen molar-refractivity contribution in [2.75, 3.05) is 0 Å². The summed E-state index contributed by atoms with van der Waals surface area (Å²) in [6, 6.07) is 26.7. The third kappa shape index (κ3) is 4.77. The molecule has 96 valence electrons. The third-order valence-electron chi connectivity index (χ3n) is 2.52. The summed E-state index contributed by atoms with van der Waals surface area (Å²) < 4.78 is 0. The van der Waals surface area contributed by atoms with E-state index in [4.69, 9.17) is 0 Å². The summed E-state index contributed by atoms with van der Waals surface area (Å²) in [6.07, 6.45) is 0. The second kappa shape index (κ2) is 8.34. The van der Waals surface area contributed by atoms with Crippen LogP contribution in [0.1, 0.15) is 15.9 Å². The van der Waals surface area contributed by atoms with E-state index in [2.05, 4.69) is 0 Å². The van der Waals surface area contributed by atoms with Crippen molar-refractivity contribution in [2.24, 2.45) is 0 Å². The van der Waals surface area contributed by atoms with Crippen molar-refractivity contribution in [1.82, 2.24) is 0 Å². The molecule has 0 atom stereocenters. The molecule has 0 spiro atoms. The van der Waals surface area contributed by atoms with Crippen molar-refractivity contribution in [2.45, 2.75) is 0 Å². The minimum Gasteiger partial charge on any atom is -0.311 e. The van der Waals surface area contributed by atoms with E-state index in [9.17, 15) is 4.79 Å². The molecule has 0 N–H and O–H groups in total. The van der Waals surface area contributed by atoms with Gasteiger partial charge < -0.3 is 4.79 Å². The van der Waals surface area contributed by atoms with Crippen molar-refractivity contribution in [3.05, 3.63) is 96.1 Å². The summed E-state index contributed by atoms with van der Waals surface area (Å²) in [5, 5.41) is 0.